The lowest BCUT2D eigenvalue weighted by Crippen LogP contribution is -2.41. The number of fused-ring (bicyclic) bond motifs is 1. The molecular weight excluding hydrogens is 220 g/mol. The van der Waals surface area contributed by atoms with Gasteiger partial charge in [-0.25, -0.2) is 0 Å². The Hall–Kier alpha value is -0.980. The molecule has 0 saturated heterocycles. The van der Waals surface area contributed by atoms with E-state index in [0.717, 1.165) is 11.1 Å². The molecule has 18 heavy (non-hydrogen) atoms. The maximum absolute atomic E-state index is 10.3. The second kappa shape index (κ2) is 3.76. The number of aryl methyl sites for hydroxylation is 1. The van der Waals surface area contributed by atoms with Crippen LogP contribution in [-0.2, 0) is 10.8 Å². The number of phenolic OH excluding ortho intramolecular Hbond substituents is 1. The first-order chi connectivity index (χ1) is 8.09. The Balaban J connectivity index is 2.84. The van der Waals surface area contributed by atoms with Crippen LogP contribution in [-0.4, -0.2) is 5.11 Å². The molecule has 0 aromatic heterocycles. The van der Waals surface area contributed by atoms with Gasteiger partial charge in [0.15, 0.2) is 0 Å². The zero-order valence-electron chi connectivity index (χ0n) is 12.8. The van der Waals surface area contributed by atoms with Crippen LogP contribution in [0.1, 0.15) is 63.3 Å². The van der Waals surface area contributed by atoms with Crippen molar-refractivity contribution in [3.8, 4) is 5.75 Å². The maximum atomic E-state index is 10.3. The third-order valence-corrected chi connectivity index (χ3v) is 5.16. The number of benzene rings is 1. The highest BCUT2D eigenvalue weighted by Gasteiger charge is 2.43. The van der Waals surface area contributed by atoms with Gasteiger partial charge in [0.05, 0.1) is 0 Å². The van der Waals surface area contributed by atoms with Crippen LogP contribution in [0.2, 0.25) is 0 Å². The summed E-state index contributed by atoms with van der Waals surface area (Å²) in [5, 5.41) is 10.3. The van der Waals surface area contributed by atoms with Crippen molar-refractivity contribution in [3.63, 3.8) is 0 Å². The van der Waals surface area contributed by atoms with Gasteiger partial charge in [-0.05, 0) is 59.3 Å². The predicted octanol–water partition coefficient (Wildman–Crippen LogP) is 4.60. The van der Waals surface area contributed by atoms with Crippen molar-refractivity contribution in [1.29, 1.82) is 0 Å². The van der Waals surface area contributed by atoms with E-state index < -0.39 is 0 Å². The first-order valence-electron chi connectivity index (χ1n) is 6.93. The summed E-state index contributed by atoms with van der Waals surface area (Å²) in [6, 6.07) is 2.20. The zero-order chi connectivity index (χ0) is 13.9. The number of rotatable bonds is 0. The van der Waals surface area contributed by atoms with Crippen LogP contribution in [0.3, 0.4) is 0 Å². The van der Waals surface area contributed by atoms with Crippen molar-refractivity contribution in [1.82, 2.24) is 0 Å². The summed E-state index contributed by atoms with van der Waals surface area (Å²) in [5.74, 6) is 1.10. The summed E-state index contributed by atoms with van der Waals surface area (Å²) in [6.45, 7) is 15.7. The van der Waals surface area contributed by atoms with Gasteiger partial charge in [0.1, 0.15) is 5.75 Å². The molecular formula is C17H26O. The Labute approximate surface area is 111 Å². The molecule has 1 aromatic rings. The standard InChI is InChI=1S/C17H26O/c1-10-8-13-14(12(3)15(10)18)17(6,7)11(2)9-16(13,4)5/h8,11,18H,9H2,1-7H3. The van der Waals surface area contributed by atoms with Crippen LogP contribution >= 0.6 is 0 Å². The summed E-state index contributed by atoms with van der Waals surface area (Å²) >= 11 is 0. The molecule has 0 aliphatic heterocycles. The minimum Gasteiger partial charge on any atom is -0.507 e. The molecule has 0 amide bonds. The summed E-state index contributed by atoms with van der Waals surface area (Å²) in [7, 11) is 0. The van der Waals surface area contributed by atoms with Crippen molar-refractivity contribution in [2.24, 2.45) is 5.92 Å². The first-order valence-corrected chi connectivity index (χ1v) is 6.93. The van der Waals surface area contributed by atoms with Gasteiger partial charge in [0.2, 0.25) is 0 Å². The molecule has 0 saturated carbocycles. The van der Waals surface area contributed by atoms with Crippen LogP contribution in [0.5, 0.6) is 5.75 Å². The molecule has 0 bridgehead atoms. The molecule has 1 N–H and O–H groups in total. The van der Waals surface area contributed by atoms with Crippen molar-refractivity contribution in [2.45, 2.75) is 65.7 Å². The highest BCUT2D eigenvalue weighted by molar-refractivity contribution is 5.55. The van der Waals surface area contributed by atoms with E-state index in [0.29, 0.717) is 11.7 Å². The zero-order valence-corrected chi connectivity index (χ0v) is 12.8. The summed E-state index contributed by atoms with van der Waals surface area (Å²) in [6.07, 6.45) is 1.21. The van der Waals surface area contributed by atoms with E-state index >= 15 is 0 Å². The van der Waals surface area contributed by atoms with Crippen molar-refractivity contribution >= 4 is 0 Å². The fourth-order valence-electron chi connectivity index (χ4n) is 3.71. The molecule has 1 aliphatic rings. The third-order valence-electron chi connectivity index (χ3n) is 5.16. The van der Waals surface area contributed by atoms with Crippen LogP contribution < -0.4 is 0 Å². The minimum absolute atomic E-state index is 0.139. The topological polar surface area (TPSA) is 20.2 Å². The van der Waals surface area contributed by atoms with Gasteiger partial charge >= 0.3 is 0 Å². The van der Waals surface area contributed by atoms with Gasteiger partial charge in [0.25, 0.3) is 0 Å². The van der Waals surface area contributed by atoms with E-state index in [9.17, 15) is 5.11 Å². The largest absolute Gasteiger partial charge is 0.507 e. The minimum atomic E-state index is 0.139. The lowest BCUT2D eigenvalue weighted by atomic mass is 9.57. The van der Waals surface area contributed by atoms with Gasteiger partial charge in [-0.2, -0.15) is 0 Å². The van der Waals surface area contributed by atoms with Crippen LogP contribution in [0.4, 0.5) is 0 Å². The monoisotopic (exact) mass is 246 g/mol. The molecule has 1 aliphatic carbocycles. The van der Waals surface area contributed by atoms with E-state index in [-0.39, 0.29) is 10.8 Å². The molecule has 1 nitrogen and oxygen atoms in total. The lowest BCUT2D eigenvalue weighted by molar-refractivity contribution is 0.231. The molecule has 1 heteroatoms. The Morgan fingerprint density at radius 3 is 2.28 bits per heavy atom. The average Bonchev–Trinajstić information content (AvgIpc) is 2.22. The maximum Gasteiger partial charge on any atom is 0.121 e. The molecule has 100 valence electrons. The number of phenols is 1. The Morgan fingerprint density at radius 2 is 1.72 bits per heavy atom. The first kappa shape index (κ1) is 13.5. The second-order valence-electron chi connectivity index (χ2n) is 7.30. The third kappa shape index (κ3) is 1.67. The normalized spacial score (nSPS) is 24.7. The fraction of sp³-hybridized carbons (Fsp3) is 0.647. The van der Waals surface area contributed by atoms with Gasteiger partial charge in [-0.3, -0.25) is 0 Å². The van der Waals surface area contributed by atoms with Crippen LogP contribution in [0.25, 0.3) is 0 Å². The van der Waals surface area contributed by atoms with Gasteiger partial charge in [0, 0.05) is 0 Å². The number of hydrogen-bond donors (Lipinski definition) is 1. The number of hydrogen-bond acceptors (Lipinski definition) is 1. The Bertz CT molecular complexity index is 495. The highest BCUT2D eigenvalue weighted by atomic mass is 16.3. The van der Waals surface area contributed by atoms with Crippen molar-refractivity contribution in [2.75, 3.05) is 0 Å². The molecule has 0 spiro atoms. The average molecular weight is 246 g/mol. The molecule has 1 unspecified atom stereocenters. The van der Waals surface area contributed by atoms with Crippen molar-refractivity contribution < 1.29 is 5.11 Å². The second-order valence-corrected chi connectivity index (χ2v) is 7.30. The SMILES string of the molecule is Cc1cc2c(c(C)c1O)C(C)(C)C(C)CC2(C)C. The molecule has 1 aromatic carbocycles. The summed E-state index contributed by atoms with van der Waals surface area (Å²) < 4.78 is 0. The molecule has 0 fully saturated rings. The predicted molar refractivity (Wildman–Crippen MR) is 77.4 cm³/mol. The summed E-state index contributed by atoms with van der Waals surface area (Å²) in [4.78, 5) is 0. The van der Waals surface area contributed by atoms with E-state index in [2.05, 4.69) is 47.6 Å². The summed E-state index contributed by atoms with van der Waals surface area (Å²) in [5.41, 5.74) is 5.22. The van der Waals surface area contributed by atoms with Crippen molar-refractivity contribution in [3.05, 3.63) is 28.3 Å². The van der Waals surface area contributed by atoms with Gasteiger partial charge < -0.3 is 5.11 Å². The van der Waals surface area contributed by atoms with E-state index in [1.807, 2.05) is 6.92 Å². The fourth-order valence-corrected chi connectivity index (χ4v) is 3.71. The quantitative estimate of drug-likeness (QED) is 0.709. The van der Waals surface area contributed by atoms with Crippen LogP contribution in [0, 0.1) is 19.8 Å². The van der Waals surface area contributed by atoms with E-state index in [4.69, 9.17) is 0 Å². The Morgan fingerprint density at radius 1 is 1.17 bits per heavy atom. The molecule has 0 heterocycles. The molecule has 1 atom stereocenters. The van der Waals surface area contributed by atoms with Gasteiger partial charge in [-0.15, -0.1) is 0 Å². The van der Waals surface area contributed by atoms with Gasteiger partial charge in [-0.1, -0.05) is 40.7 Å². The van der Waals surface area contributed by atoms with Crippen LogP contribution in [0.15, 0.2) is 6.07 Å². The smallest absolute Gasteiger partial charge is 0.121 e. The van der Waals surface area contributed by atoms with E-state index in [1.54, 1.807) is 0 Å². The van der Waals surface area contributed by atoms with E-state index in [1.165, 1.54) is 17.5 Å². The molecule has 2 rings (SSSR count). The Kier molecular flexibility index (Phi) is 2.81. The number of aromatic hydroxyl groups is 1. The lowest BCUT2D eigenvalue weighted by Gasteiger charge is -2.47. The highest BCUT2D eigenvalue weighted by Crippen LogP contribution is 2.51. The molecule has 0 radical (unpaired) electrons.